The van der Waals surface area contributed by atoms with Gasteiger partial charge in [0.2, 0.25) is 5.91 Å². The molecule has 0 spiro atoms. The van der Waals surface area contributed by atoms with Crippen LogP contribution in [0.15, 0.2) is 24.3 Å². The molecule has 4 nitrogen and oxygen atoms in total. The molecule has 2 aliphatic carbocycles. The van der Waals surface area contributed by atoms with Gasteiger partial charge in [-0.05, 0) is 48.9 Å². The molecule has 21 heavy (non-hydrogen) atoms. The third-order valence-electron chi connectivity index (χ3n) is 4.97. The first-order valence-corrected chi connectivity index (χ1v) is 7.93. The molecule has 0 saturated heterocycles. The molecule has 0 bridgehead atoms. The Morgan fingerprint density at radius 1 is 1.24 bits per heavy atom. The largest absolute Gasteiger partial charge is 0.395 e. The van der Waals surface area contributed by atoms with Crippen molar-refractivity contribution < 1.29 is 9.90 Å². The van der Waals surface area contributed by atoms with Crippen LogP contribution in [0, 0.1) is 17.8 Å². The number of anilines is 2. The van der Waals surface area contributed by atoms with E-state index in [9.17, 15) is 4.79 Å². The quantitative estimate of drug-likeness (QED) is 0.875. The topological polar surface area (TPSA) is 52.6 Å². The molecule has 2 fully saturated rings. The number of benzene rings is 1. The van der Waals surface area contributed by atoms with Gasteiger partial charge >= 0.3 is 0 Å². The first kappa shape index (κ1) is 14.4. The monoisotopic (exact) mass is 288 g/mol. The molecule has 1 amide bonds. The van der Waals surface area contributed by atoms with Crippen LogP contribution in [-0.2, 0) is 4.79 Å². The van der Waals surface area contributed by atoms with Crippen molar-refractivity contribution in [3.63, 3.8) is 0 Å². The summed E-state index contributed by atoms with van der Waals surface area (Å²) >= 11 is 0. The Labute approximate surface area is 126 Å². The molecule has 2 N–H and O–H groups in total. The van der Waals surface area contributed by atoms with Crippen LogP contribution in [-0.4, -0.2) is 31.2 Å². The van der Waals surface area contributed by atoms with Gasteiger partial charge in [0, 0.05) is 30.9 Å². The summed E-state index contributed by atoms with van der Waals surface area (Å²) in [5, 5.41) is 12.0. The maximum atomic E-state index is 12.3. The molecule has 3 rings (SSSR count). The van der Waals surface area contributed by atoms with Crippen LogP contribution in [0.5, 0.6) is 0 Å². The fourth-order valence-corrected chi connectivity index (χ4v) is 3.69. The number of hydrogen-bond acceptors (Lipinski definition) is 3. The lowest BCUT2D eigenvalue weighted by molar-refractivity contribution is -0.117. The van der Waals surface area contributed by atoms with E-state index in [2.05, 4.69) is 5.32 Å². The standard InChI is InChI=1S/C17H24N2O2/c1-19(10-11-20)13-8-6-12(7-9-13)18-17(21)16-14-4-2-3-5-15(14)16/h6-9,14-16,20H,2-5,10-11H2,1H3,(H,18,21). The number of nitrogens with one attached hydrogen (secondary N) is 1. The molecule has 2 unspecified atom stereocenters. The van der Waals surface area contributed by atoms with Crippen molar-refractivity contribution in [3.05, 3.63) is 24.3 Å². The van der Waals surface area contributed by atoms with Gasteiger partial charge in [-0.3, -0.25) is 4.79 Å². The predicted molar refractivity (Wildman–Crippen MR) is 84.4 cm³/mol. The van der Waals surface area contributed by atoms with E-state index in [-0.39, 0.29) is 18.4 Å². The van der Waals surface area contributed by atoms with Gasteiger partial charge < -0.3 is 15.3 Å². The van der Waals surface area contributed by atoms with E-state index in [0.717, 1.165) is 11.4 Å². The number of nitrogens with zero attached hydrogens (tertiary/aromatic N) is 1. The first-order chi connectivity index (χ1) is 10.2. The first-order valence-electron chi connectivity index (χ1n) is 7.93. The normalized spacial score (nSPS) is 26.9. The highest BCUT2D eigenvalue weighted by Crippen LogP contribution is 2.55. The number of fused-ring (bicyclic) bond motifs is 1. The Hall–Kier alpha value is -1.55. The number of likely N-dealkylation sites (N-methyl/N-ethyl adjacent to an activating group) is 1. The van der Waals surface area contributed by atoms with Crippen molar-refractivity contribution in [3.8, 4) is 0 Å². The third-order valence-corrected chi connectivity index (χ3v) is 4.97. The van der Waals surface area contributed by atoms with Crippen LogP contribution in [0.4, 0.5) is 11.4 Å². The van der Waals surface area contributed by atoms with E-state index in [1.807, 2.05) is 36.2 Å². The van der Waals surface area contributed by atoms with Crippen LogP contribution < -0.4 is 10.2 Å². The minimum absolute atomic E-state index is 0.138. The SMILES string of the molecule is CN(CCO)c1ccc(NC(=O)C2C3CCCCC32)cc1. The maximum Gasteiger partial charge on any atom is 0.228 e. The minimum atomic E-state index is 0.138. The highest BCUT2D eigenvalue weighted by Gasteiger charge is 2.54. The third kappa shape index (κ3) is 3.05. The lowest BCUT2D eigenvalue weighted by atomic mass is 10.0. The van der Waals surface area contributed by atoms with Crippen molar-refractivity contribution in [1.29, 1.82) is 0 Å². The van der Waals surface area contributed by atoms with E-state index in [1.165, 1.54) is 25.7 Å². The summed E-state index contributed by atoms with van der Waals surface area (Å²) < 4.78 is 0. The van der Waals surface area contributed by atoms with Gasteiger partial charge in [-0.1, -0.05) is 12.8 Å². The van der Waals surface area contributed by atoms with Crippen molar-refractivity contribution in [2.24, 2.45) is 17.8 Å². The van der Waals surface area contributed by atoms with Gasteiger partial charge in [0.1, 0.15) is 0 Å². The predicted octanol–water partition coefficient (Wildman–Crippen LogP) is 2.49. The highest BCUT2D eigenvalue weighted by molar-refractivity contribution is 5.95. The number of carbonyl (C=O) groups is 1. The summed E-state index contributed by atoms with van der Waals surface area (Å²) in [6.45, 7) is 0.747. The average molecular weight is 288 g/mol. The fourth-order valence-electron chi connectivity index (χ4n) is 3.69. The zero-order valence-electron chi connectivity index (χ0n) is 12.6. The molecule has 2 saturated carbocycles. The van der Waals surface area contributed by atoms with Gasteiger partial charge in [-0.15, -0.1) is 0 Å². The van der Waals surface area contributed by atoms with Crippen molar-refractivity contribution in [2.75, 3.05) is 30.4 Å². The van der Waals surface area contributed by atoms with Gasteiger partial charge in [0.15, 0.2) is 0 Å². The van der Waals surface area contributed by atoms with Gasteiger partial charge in [-0.25, -0.2) is 0 Å². The second kappa shape index (κ2) is 6.06. The molecule has 2 aliphatic rings. The molecule has 114 valence electrons. The van der Waals surface area contributed by atoms with E-state index in [4.69, 9.17) is 5.11 Å². The Bertz CT molecular complexity index is 488. The zero-order chi connectivity index (χ0) is 14.8. The van der Waals surface area contributed by atoms with Gasteiger partial charge in [0.05, 0.1) is 6.61 Å². The van der Waals surface area contributed by atoms with E-state index in [0.29, 0.717) is 18.4 Å². The van der Waals surface area contributed by atoms with Crippen LogP contribution in [0.3, 0.4) is 0 Å². The Morgan fingerprint density at radius 3 is 2.43 bits per heavy atom. The van der Waals surface area contributed by atoms with Crippen molar-refractivity contribution in [2.45, 2.75) is 25.7 Å². The van der Waals surface area contributed by atoms with E-state index < -0.39 is 0 Å². The highest BCUT2D eigenvalue weighted by atomic mass is 16.3. The molecule has 0 aromatic heterocycles. The number of aliphatic hydroxyl groups excluding tert-OH is 1. The lowest BCUT2D eigenvalue weighted by Crippen LogP contribution is -2.21. The number of rotatable bonds is 5. The smallest absolute Gasteiger partial charge is 0.228 e. The number of carbonyl (C=O) groups excluding carboxylic acids is 1. The van der Waals surface area contributed by atoms with Crippen LogP contribution in [0.2, 0.25) is 0 Å². The summed E-state index contributed by atoms with van der Waals surface area (Å²) in [4.78, 5) is 14.3. The summed E-state index contributed by atoms with van der Waals surface area (Å²) in [7, 11) is 1.94. The fraction of sp³-hybridized carbons (Fsp3) is 0.588. The summed E-state index contributed by atoms with van der Waals surface area (Å²) in [5.74, 6) is 1.75. The molecule has 0 radical (unpaired) electrons. The molecule has 4 heteroatoms. The number of amides is 1. The van der Waals surface area contributed by atoms with Crippen molar-refractivity contribution in [1.82, 2.24) is 0 Å². The van der Waals surface area contributed by atoms with E-state index >= 15 is 0 Å². The minimum Gasteiger partial charge on any atom is -0.395 e. The maximum absolute atomic E-state index is 12.3. The molecule has 1 aromatic rings. The zero-order valence-corrected chi connectivity index (χ0v) is 12.6. The number of aliphatic hydroxyl groups is 1. The molecule has 2 atom stereocenters. The van der Waals surface area contributed by atoms with Crippen molar-refractivity contribution >= 4 is 17.3 Å². The molecule has 0 aliphatic heterocycles. The number of hydrogen-bond donors (Lipinski definition) is 2. The van der Waals surface area contributed by atoms with Crippen LogP contribution >= 0.6 is 0 Å². The van der Waals surface area contributed by atoms with Crippen LogP contribution in [0.1, 0.15) is 25.7 Å². The Balaban J connectivity index is 1.57. The summed E-state index contributed by atoms with van der Waals surface area (Å²) in [6, 6.07) is 7.83. The summed E-state index contributed by atoms with van der Waals surface area (Å²) in [5.41, 5.74) is 1.91. The van der Waals surface area contributed by atoms with Crippen LogP contribution in [0.25, 0.3) is 0 Å². The molecular weight excluding hydrogens is 264 g/mol. The Kier molecular flexibility index (Phi) is 4.15. The second-order valence-corrected chi connectivity index (χ2v) is 6.32. The van der Waals surface area contributed by atoms with Gasteiger partial charge in [0.25, 0.3) is 0 Å². The van der Waals surface area contributed by atoms with Gasteiger partial charge in [-0.2, -0.15) is 0 Å². The summed E-state index contributed by atoms with van der Waals surface area (Å²) in [6.07, 6.45) is 5.04. The second-order valence-electron chi connectivity index (χ2n) is 6.32. The van der Waals surface area contributed by atoms with E-state index in [1.54, 1.807) is 0 Å². The average Bonchev–Trinajstić information content (AvgIpc) is 3.22. The lowest BCUT2D eigenvalue weighted by Gasteiger charge is -2.18. The molecular formula is C17H24N2O2. The Morgan fingerprint density at radius 2 is 1.86 bits per heavy atom. The molecule has 1 aromatic carbocycles. The molecule has 0 heterocycles.